The van der Waals surface area contributed by atoms with Crippen molar-refractivity contribution >= 4 is 11.6 Å². The lowest BCUT2D eigenvalue weighted by atomic mass is 9.93. The van der Waals surface area contributed by atoms with Crippen LogP contribution in [0.5, 0.6) is 5.75 Å². The number of nitro groups is 1. The normalized spacial score (nSPS) is 21.6. The smallest absolute Gasteiger partial charge is 0.311 e. The second kappa shape index (κ2) is 6.10. The molecule has 1 spiro atoms. The van der Waals surface area contributed by atoms with Gasteiger partial charge in [-0.25, -0.2) is 0 Å². The monoisotopic (exact) mass is 354 g/mol. The van der Waals surface area contributed by atoms with Gasteiger partial charge in [0.05, 0.1) is 18.1 Å². The van der Waals surface area contributed by atoms with Gasteiger partial charge in [-0.15, -0.1) is 0 Å². The lowest BCUT2D eigenvalue weighted by Gasteiger charge is -2.41. The Morgan fingerprint density at radius 2 is 2.08 bits per heavy atom. The highest BCUT2D eigenvalue weighted by molar-refractivity contribution is 5.95. The van der Waals surface area contributed by atoms with E-state index in [0.717, 1.165) is 24.5 Å². The average Bonchev–Trinajstić information content (AvgIpc) is 3.00. The fraction of sp³-hybridized carbons (Fsp3) is 0.316. The maximum atomic E-state index is 12.9. The molecule has 1 N–H and O–H groups in total. The molecule has 0 saturated carbocycles. The molecule has 2 aliphatic rings. The van der Waals surface area contributed by atoms with Crippen LogP contribution < -0.4 is 0 Å². The first kappa shape index (κ1) is 16.5. The molecule has 2 aromatic rings. The number of hydrogen-bond donors (Lipinski definition) is 1. The summed E-state index contributed by atoms with van der Waals surface area (Å²) in [4.78, 5) is 24.9. The molecule has 1 heterocycles. The number of ether oxygens (including phenoxy) is 1. The van der Waals surface area contributed by atoms with Gasteiger partial charge in [-0.2, -0.15) is 0 Å². The molecule has 0 aromatic heterocycles. The van der Waals surface area contributed by atoms with Crippen LogP contribution in [0.1, 0.15) is 27.9 Å². The Balaban J connectivity index is 1.62. The Bertz CT molecular complexity index is 893. The van der Waals surface area contributed by atoms with Crippen LogP contribution in [-0.4, -0.2) is 40.5 Å². The van der Waals surface area contributed by atoms with Gasteiger partial charge < -0.3 is 14.7 Å². The van der Waals surface area contributed by atoms with Crippen molar-refractivity contribution in [3.8, 4) is 5.75 Å². The van der Waals surface area contributed by atoms with Gasteiger partial charge in [0.2, 0.25) is 0 Å². The van der Waals surface area contributed by atoms with Crippen LogP contribution in [0.2, 0.25) is 0 Å². The maximum Gasteiger partial charge on any atom is 0.311 e. The zero-order valence-electron chi connectivity index (χ0n) is 14.1. The Kier molecular flexibility index (Phi) is 3.88. The molecule has 1 saturated heterocycles. The van der Waals surface area contributed by atoms with Gasteiger partial charge in [0, 0.05) is 18.2 Å². The molecule has 1 amide bonds. The summed E-state index contributed by atoms with van der Waals surface area (Å²) in [5.41, 5.74) is 1.58. The number of carbonyl (C=O) groups is 1. The Morgan fingerprint density at radius 1 is 1.27 bits per heavy atom. The molecule has 7 nitrogen and oxygen atoms in total. The standard InChI is InChI=1S/C19H18N2O5/c22-17-6-5-14(11-16(17)21(24)25)18(23)20-9-10-26-19(12-20)8-7-13-3-1-2-4-15(13)19/h1-6,11,22H,7-10,12H2. The van der Waals surface area contributed by atoms with Gasteiger partial charge in [0.1, 0.15) is 5.60 Å². The van der Waals surface area contributed by atoms with Crippen molar-refractivity contribution in [2.24, 2.45) is 0 Å². The highest BCUT2D eigenvalue weighted by Gasteiger charge is 2.44. The summed E-state index contributed by atoms with van der Waals surface area (Å²) in [7, 11) is 0. The van der Waals surface area contributed by atoms with Crippen LogP contribution in [0.3, 0.4) is 0 Å². The van der Waals surface area contributed by atoms with Crippen molar-refractivity contribution in [1.82, 2.24) is 4.90 Å². The predicted molar refractivity (Wildman–Crippen MR) is 93.1 cm³/mol. The van der Waals surface area contributed by atoms with E-state index in [4.69, 9.17) is 4.74 Å². The average molecular weight is 354 g/mol. The minimum atomic E-state index is -0.694. The number of phenols is 1. The van der Waals surface area contributed by atoms with Gasteiger partial charge in [0.25, 0.3) is 5.91 Å². The molecule has 4 rings (SSSR count). The molecule has 7 heteroatoms. The predicted octanol–water partition coefficient (Wildman–Crippen LogP) is 2.61. The number of benzene rings is 2. The minimum absolute atomic E-state index is 0.192. The largest absolute Gasteiger partial charge is 0.502 e. The van der Waals surface area contributed by atoms with Crippen LogP contribution in [-0.2, 0) is 16.8 Å². The summed E-state index contributed by atoms with van der Waals surface area (Å²) in [6.45, 7) is 1.26. The zero-order valence-corrected chi connectivity index (χ0v) is 14.1. The number of aromatic hydroxyl groups is 1. The first-order chi connectivity index (χ1) is 12.5. The number of hydrogen-bond acceptors (Lipinski definition) is 5. The SMILES string of the molecule is O=C(c1ccc(O)c([N+](=O)[O-])c1)N1CCOC2(CCc3ccccc32)C1. The van der Waals surface area contributed by atoms with E-state index in [1.807, 2.05) is 18.2 Å². The van der Waals surface area contributed by atoms with Crippen molar-refractivity contribution in [1.29, 1.82) is 0 Å². The van der Waals surface area contributed by atoms with Crippen molar-refractivity contribution < 1.29 is 19.6 Å². The first-order valence-electron chi connectivity index (χ1n) is 8.49. The summed E-state index contributed by atoms with van der Waals surface area (Å²) >= 11 is 0. The number of morpholine rings is 1. The van der Waals surface area contributed by atoms with Crippen molar-refractivity contribution in [3.63, 3.8) is 0 Å². The fourth-order valence-electron chi connectivity index (χ4n) is 3.91. The van der Waals surface area contributed by atoms with Gasteiger partial charge in [-0.1, -0.05) is 24.3 Å². The molecule has 26 heavy (non-hydrogen) atoms. The van der Waals surface area contributed by atoms with E-state index in [-0.39, 0.29) is 11.5 Å². The molecule has 1 unspecified atom stereocenters. The van der Waals surface area contributed by atoms with E-state index in [1.165, 1.54) is 17.7 Å². The number of rotatable bonds is 2. The number of nitrogens with zero attached hydrogens (tertiary/aromatic N) is 2. The third-order valence-electron chi connectivity index (χ3n) is 5.20. The van der Waals surface area contributed by atoms with Crippen LogP contribution in [0.15, 0.2) is 42.5 Å². The second-order valence-electron chi connectivity index (χ2n) is 6.69. The molecule has 1 fully saturated rings. The number of fused-ring (bicyclic) bond motifs is 2. The van der Waals surface area contributed by atoms with E-state index in [0.29, 0.717) is 19.7 Å². The van der Waals surface area contributed by atoms with Gasteiger partial charge in [-0.05, 0) is 36.1 Å². The lowest BCUT2D eigenvalue weighted by Crippen LogP contribution is -2.51. The third-order valence-corrected chi connectivity index (χ3v) is 5.20. The van der Waals surface area contributed by atoms with Crippen LogP contribution in [0, 0.1) is 10.1 Å². The first-order valence-corrected chi connectivity index (χ1v) is 8.49. The Hall–Kier alpha value is -2.93. The Morgan fingerprint density at radius 3 is 2.88 bits per heavy atom. The number of aryl methyl sites for hydroxylation is 1. The summed E-state index contributed by atoms with van der Waals surface area (Å²) in [6.07, 6.45) is 1.72. The number of phenolic OH excluding ortho intramolecular Hbond substituents is 1. The fourth-order valence-corrected chi connectivity index (χ4v) is 3.91. The van der Waals surface area contributed by atoms with Gasteiger partial charge in [-0.3, -0.25) is 14.9 Å². The highest BCUT2D eigenvalue weighted by atomic mass is 16.6. The van der Waals surface area contributed by atoms with Gasteiger partial charge in [0.15, 0.2) is 5.75 Å². The second-order valence-corrected chi connectivity index (χ2v) is 6.69. The summed E-state index contributed by atoms with van der Waals surface area (Å²) < 4.78 is 6.11. The number of carbonyl (C=O) groups excluding carboxylic acids is 1. The number of nitro benzene ring substituents is 1. The van der Waals surface area contributed by atoms with Gasteiger partial charge >= 0.3 is 5.69 Å². The Labute approximate surface area is 150 Å². The maximum absolute atomic E-state index is 12.9. The van der Waals surface area contributed by atoms with Crippen molar-refractivity contribution in [2.75, 3.05) is 19.7 Å². The lowest BCUT2D eigenvalue weighted by molar-refractivity contribution is -0.385. The molecule has 1 atom stereocenters. The molecule has 1 aliphatic heterocycles. The van der Waals surface area contributed by atoms with Crippen molar-refractivity contribution in [3.05, 3.63) is 69.3 Å². The minimum Gasteiger partial charge on any atom is -0.502 e. The van der Waals surface area contributed by atoms with E-state index in [9.17, 15) is 20.0 Å². The summed E-state index contributed by atoms with van der Waals surface area (Å²) in [5, 5.41) is 20.6. The van der Waals surface area contributed by atoms with E-state index in [2.05, 4.69) is 6.07 Å². The van der Waals surface area contributed by atoms with E-state index >= 15 is 0 Å². The third kappa shape index (κ3) is 2.61. The van der Waals surface area contributed by atoms with Crippen LogP contribution in [0.25, 0.3) is 0 Å². The topological polar surface area (TPSA) is 92.9 Å². The highest BCUT2D eigenvalue weighted by Crippen LogP contribution is 2.42. The molecular formula is C19H18N2O5. The summed E-state index contributed by atoms with van der Waals surface area (Å²) in [5.74, 6) is -0.741. The van der Waals surface area contributed by atoms with Crippen molar-refractivity contribution in [2.45, 2.75) is 18.4 Å². The summed E-state index contributed by atoms with van der Waals surface area (Å²) in [6, 6.07) is 11.8. The van der Waals surface area contributed by atoms with Crippen LogP contribution in [0.4, 0.5) is 5.69 Å². The quantitative estimate of drug-likeness (QED) is 0.661. The molecule has 2 aromatic carbocycles. The molecule has 0 bridgehead atoms. The molecule has 134 valence electrons. The van der Waals surface area contributed by atoms with Crippen LogP contribution >= 0.6 is 0 Å². The van der Waals surface area contributed by atoms with E-state index in [1.54, 1.807) is 4.90 Å². The molecular weight excluding hydrogens is 336 g/mol. The molecule has 0 radical (unpaired) electrons. The number of amides is 1. The zero-order chi connectivity index (χ0) is 18.3. The van der Waals surface area contributed by atoms with E-state index < -0.39 is 22.0 Å². The molecule has 1 aliphatic carbocycles.